The summed E-state index contributed by atoms with van der Waals surface area (Å²) in [5, 5.41) is 0. The molecule has 0 atom stereocenters. The van der Waals surface area contributed by atoms with Gasteiger partial charge >= 0.3 is 7.12 Å². The molecule has 1 aromatic carbocycles. The van der Waals surface area contributed by atoms with E-state index in [-0.39, 0.29) is 23.9 Å². The third-order valence-electron chi connectivity index (χ3n) is 4.89. The normalized spacial score (nSPS) is 25.8. The van der Waals surface area contributed by atoms with E-state index in [0.29, 0.717) is 6.61 Å². The van der Waals surface area contributed by atoms with Crippen LogP contribution in [-0.2, 0) is 26.3 Å². The number of fused-ring (bicyclic) bond motifs is 1. The summed E-state index contributed by atoms with van der Waals surface area (Å²) in [5.41, 5.74) is 2.78. The smallest absolute Gasteiger partial charge is 0.399 e. The molecule has 0 aromatic heterocycles. The quantitative estimate of drug-likeness (QED) is 0.737. The van der Waals surface area contributed by atoms with Crippen LogP contribution in [0.2, 0.25) is 0 Å². The second kappa shape index (κ2) is 4.09. The molecular weight excluding hydrogens is 251 g/mol. The van der Waals surface area contributed by atoms with E-state index >= 15 is 0 Å². The molecule has 4 heteroatoms. The lowest BCUT2D eigenvalue weighted by molar-refractivity contribution is -0.00789. The predicted molar refractivity (Wildman–Crippen MR) is 80.0 cm³/mol. The second-order valence-corrected chi connectivity index (χ2v) is 7.30. The molecule has 2 heterocycles. The Morgan fingerprint density at radius 3 is 2.15 bits per heavy atom. The minimum Gasteiger partial charge on any atom is -0.399 e. The van der Waals surface area contributed by atoms with Crippen LogP contribution in [0.25, 0.3) is 0 Å². The minimum atomic E-state index is -0.299. The van der Waals surface area contributed by atoms with Crippen molar-refractivity contribution in [2.45, 2.75) is 65.0 Å². The highest BCUT2D eigenvalue weighted by Gasteiger charge is 2.51. The van der Waals surface area contributed by atoms with Gasteiger partial charge in [0.15, 0.2) is 0 Å². The Morgan fingerprint density at radius 2 is 1.55 bits per heavy atom. The summed E-state index contributed by atoms with van der Waals surface area (Å²) in [6.45, 7) is 13.2. The topological polar surface area (TPSA) is 27.7 Å². The molecule has 1 aromatic rings. The molecule has 0 N–H and O–H groups in total. The van der Waals surface area contributed by atoms with E-state index in [0.717, 1.165) is 5.46 Å². The standard InChI is InChI=1S/C16H23BO3/c1-14(2)13-8-7-12(9-11(13)10-18-14)17-19-15(3,4)16(5,6)20-17/h7-9H,10H2,1-6H3. The second-order valence-electron chi connectivity index (χ2n) is 7.30. The van der Waals surface area contributed by atoms with Gasteiger partial charge in [0.05, 0.1) is 23.4 Å². The molecule has 20 heavy (non-hydrogen) atoms. The lowest BCUT2D eigenvalue weighted by Gasteiger charge is -2.32. The maximum Gasteiger partial charge on any atom is 0.494 e. The highest BCUT2D eigenvalue weighted by Crippen LogP contribution is 2.38. The van der Waals surface area contributed by atoms with Crippen LogP contribution in [0.15, 0.2) is 18.2 Å². The molecule has 0 aliphatic carbocycles. The molecule has 0 bridgehead atoms. The van der Waals surface area contributed by atoms with Crippen molar-refractivity contribution >= 4 is 12.6 Å². The van der Waals surface area contributed by atoms with Gasteiger partial charge in [-0.3, -0.25) is 0 Å². The van der Waals surface area contributed by atoms with Crippen LogP contribution in [-0.4, -0.2) is 18.3 Å². The van der Waals surface area contributed by atoms with E-state index in [2.05, 4.69) is 59.7 Å². The molecule has 108 valence electrons. The Labute approximate surface area is 121 Å². The number of hydrogen-bond donors (Lipinski definition) is 0. The van der Waals surface area contributed by atoms with Crippen molar-refractivity contribution in [1.82, 2.24) is 0 Å². The number of hydrogen-bond acceptors (Lipinski definition) is 3. The zero-order valence-electron chi connectivity index (χ0n) is 13.2. The van der Waals surface area contributed by atoms with Crippen molar-refractivity contribution in [3.63, 3.8) is 0 Å². The molecule has 1 fully saturated rings. The average molecular weight is 274 g/mol. The van der Waals surface area contributed by atoms with Gasteiger partial charge in [-0.15, -0.1) is 0 Å². The van der Waals surface area contributed by atoms with Gasteiger partial charge in [-0.1, -0.05) is 18.2 Å². The van der Waals surface area contributed by atoms with Crippen molar-refractivity contribution in [2.24, 2.45) is 0 Å². The average Bonchev–Trinajstić information content (AvgIpc) is 2.74. The van der Waals surface area contributed by atoms with Crippen molar-refractivity contribution in [1.29, 1.82) is 0 Å². The van der Waals surface area contributed by atoms with E-state index in [1.54, 1.807) is 0 Å². The van der Waals surface area contributed by atoms with E-state index in [4.69, 9.17) is 14.0 Å². The van der Waals surface area contributed by atoms with Crippen molar-refractivity contribution in [2.75, 3.05) is 0 Å². The van der Waals surface area contributed by atoms with Gasteiger partial charge in [0, 0.05) is 0 Å². The molecule has 1 saturated heterocycles. The summed E-state index contributed by atoms with van der Waals surface area (Å²) < 4.78 is 18.0. The van der Waals surface area contributed by atoms with E-state index < -0.39 is 0 Å². The summed E-state index contributed by atoms with van der Waals surface area (Å²) in [7, 11) is -0.297. The molecule has 3 nitrogen and oxygen atoms in total. The highest BCUT2D eigenvalue weighted by molar-refractivity contribution is 6.62. The summed E-state index contributed by atoms with van der Waals surface area (Å²) in [6, 6.07) is 6.40. The summed E-state index contributed by atoms with van der Waals surface area (Å²) in [4.78, 5) is 0. The lowest BCUT2D eigenvalue weighted by Crippen LogP contribution is -2.41. The van der Waals surface area contributed by atoms with E-state index in [1.807, 2.05) is 0 Å². The van der Waals surface area contributed by atoms with Crippen molar-refractivity contribution < 1.29 is 14.0 Å². The third kappa shape index (κ3) is 2.02. The molecule has 0 amide bonds. The maximum atomic E-state index is 6.10. The fourth-order valence-electron chi connectivity index (χ4n) is 2.78. The van der Waals surface area contributed by atoms with Crippen LogP contribution in [0.4, 0.5) is 0 Å². The minimum absolute atomic E-state index is 0.191. The van der Waals surface area contributed by atoms with Gasteiger partial charge in [0.25, 0.3) is 0 Å². The Kier molecular flexibility index (Phi) is 2.89. The molecule has 2 aliphatic rings. The molecule has 2 aliphatic heterocycles. The monoisotopic (exact) mass is 274 g/mol. The molecule has 0 unspecified atom stereocenters. The molecule has 0 spiro atoms. The van der Waals surface area contributed by atoms with Crippen LogP contribution in [0.1, 0.15) is 52.7 Å². The van der Waals surface area contributed by atoms with Crippen LogP contribution in [0.3, 0.4) is 0 Å². The Morgan fingerprint density at radius 1 is 0.950 bits per heavy atom. The van der Waals surface area contributed by atoms with Gasteiger partial charge in [-0.05, 0) is 58.1 Å². The van der Waals surface area contributed by atoms with E-state index in [1.165, 1.54) is 11.1 Å². The Balaban J connectivity index is 1.91. The first-order chi connectivity index (χ1) is 9.12. The lowest BCUT2D eigenvalue weighted by atomic mass is 9.77. The summed E-state index contributed by atoms with van der Waals surface area (Å²) in [5.74, 6) is 0. The van der Waals surface area contributed by atoms with Gasteiger partial charge < -0.3 is 14.0 Å². The zero-order chi connectivity index (χ0) is 14.8. The SMILES string of the molecule is CC1(C)OCc2cc(B3OC(C)(C)C(C)(C)O3)ccc21. The largest absolute Gasteiger partial charge is 0.494 e. The van der Waals surface area contributed by atoms with Crippen LogP contribution >= 0.6 is 0 Å². The van der Waals surface area contributed by atoms with Crippen LogP contribution in [0.5, 0.6) is 0 Å². The van der Waals surface area contributed by atoms with Gasteiger partial charge in [0.1, 0.15) is 0 Å². The maximum absolute atomic E-state index is 6.10. The number of rotatable bonds is 1. The predicted octanol–water partition coefficient (Wildman–Crippen LogP) is 2.75. The fourth-order valence-corrected chi connectivity index (χ4v) is 2.78. The first kappa shape index (κ1) is 14.1. The number of benzene rings is 1. The molecule has 3 rings (SSSR count). The Bertz CT molecular complexity index is 533. The van der Waals surface area contributed by atoms with Crippen molar-refractivity contribution in [3.8, 4) is 0 Å². The van der Waals surface area contributed by atoms with Crippen LogP contribution < -0.4 is 5.46 Å². The molecule has 0 saturated carbocycles. The summed E-state index contributed by atoms with van der Waals surface area (Å²) in [6.07, 6.45) is 0. The molecule has 0 radical (unpaired) electrons. The number of ether oxygens (including phenoxy) is 1. The van der Waals surface area contributed by atoms with Gasteiger partial charge in [-0.25, -0.2) is 0 Å². The van der Waals surface area contributed by atoms with Crippen LogP contribution in [0, 0.1) is 0 Å². The summed E-state index contributed by atoms with van der Waals surface area (Å²) >= 11 is 0. The zero-order valence-corrected chi connectivity index (χ0v) is 13.2. The van der Waals surface area contributed by atoms with Gasteiger partial charge in [-0.2, -0.15) is 0 Å². The highest BCUT2D eigenvalue weighted by atomic mass is 16.7. The fraction of sp³-hybridized carbons (Fsp3) is 0.625. The Hall–Kier alpha value is -0.835. The van der Waals surface area contributed by atoms with E-state index in [9.17, 15) is 0 Å². The molecular formula is C16H23BO3. The third-order valence-corrected chi connectivity index (χ3v) is 4.89. The first-order valence-electron chi connectivity index (χ1n) is 7.25. The van der Waals surface area contributed by atoms with Gasteiger partial charge in [0.2, 0.25) is 0 Å². The van der Waals surface area contributed by atoms with Crippen molar-refractivity contribution in [3.05, 3.63) is 29.3 Å². The first-order valence-corrected chi connectivity index (χ1v) is 7.25.